The number of halogens is 1. The van der Waals surface area contributed by atoms with Crippen LogP contribution in [0.25, 0.3) is 0 Å². The molecule has 64 valence electrons. The molecule has 0 aliphatic rings. The van der Waals surface area contributed by atoms with Crippen LogP contribution in [0.15, 0.2) is 5.16 Å². The Morgan fingerprint density at radius 2 is 2.18 bits per heavy atom. The van der Waals surface area contributed by atoms with E-state index in [0.29, 0.717) is 5.92 Å². The van der Waals surface area contributed by atoms with E-state index in [1.165, 1.54) is 0 Å². The number of nitrogens with zero attached hydrogens (tertiary/aromatic N) is 1. The summed E-state index contributed by atoms with van der Waals surface area (Å²) in [5.74, 6) is 3.01. The molecule has 11 heavy (non-hydrogen) atoms. The lowest BCUT2D eigenvalue weighted by molar-refractivity contribution is 0.0864. The van der Waals surface area contributed by atoms with Gasteiger partial charge in [-0.3, -0.25) is 0 Å². The van der Waals surface area contributed by atoms with Crippen LogP contribution >= 0.6 is 12.4 Å². The van der Waals surface area contributed by atoms with Crippen molar-refractivity contribution in [2.75, 3.05) is 0 Å². The van der Waals surface area contributed by atoms with Gasteiger partial charge in [0.1, 0.15) is 0 Å². The number of terminal acetylenes is 1. The molecule has 0 saturated heterocycles. The quantitative estimate of drug-likeness (QED) is 0.364. The van der Waals surface area contributed by atoms with Gasteiger partial charge in [-0.1, -0.05) is 19.8 Å². The highest BCUT2D eigenvalue weighted by Gasteiger charge is 2.06. The third-order valence-corrected chi connectivity index (χ3v) is 1.07. The summed E-state index contributed by atoms with van der Waals surface area (Å²) in [6.07, 6.45) is 5.76. The van der Waals surface area contributed by atoms with E-state index in [9.17, 15) is 0 Å². The molecule has 0 fully saturated rings. The molecule has 0 saturated carbocycles. The van der Waals surface area contributed by atoms with Gasteiger partial charge in [-0.25, -0.2) is 0 Å². The summed E-state index contributed by atoms with van der Waals surface area (Å²) in [6.45, 7) is 7.35. The fraction of sp³-hybridized carbons (Fsp3) is 0.625. The Balaban J connectivity index is 0. The Kier molecular flexibility index (Phi) is 8.74. The number of oxime groups is 1. The second-order valence-electron chi connectivity index (χ2n) is 2.52. The fourth-order valence-electron chi connectivity index (χ4n) is 0.660. The maximum absolute atomic E-state index is 5.14. The molecule has 1 atom stereocenters. The molecule has 0 rings (SSSR count). The molecule has 0 spiro atoms. The van der Waals surface area contributed by atoms with Crippen molar-refractivity contribution in [2.24, 2.45) is 11.1 Å². The van der Waals surface area contributed by atoms with Gasteiger partial charge in [-0.15, -0.1) is 24.0 Å². The molecular weight excluding hydrogens is 162 g/mol. The molecule has 0 aliphatic heterocycles. The van der Waals surface area contributed by atoms with Crippen molar-refractivity contribution in [2.45, 2.75) is 26.4 Å². The molecule has 0 aromatic rings. The Bertz CT molecular complexity index is 140. The summed E-state index contributed by atoms with van der Waals surface area (Å²) >= 11 is 0. The predicted molar refractivity (Wildman–Crippen MR) is 50.0 cm³/mol. The highest BCUT2D eigenvalue weighted by atomic mass is 35.5. The highest BCUT2D eigenvalue weighted by molar-refractivity contribution is 5.85. The number of hydrogen-bond donors (Lipinski definition) is 0. The molecule has 0 bridgehead atoms. The molecule has 0 heterocycles. The summed E-state index contributed by atoms with van der Waals surface area (Å²) in [4.78, 5) is 4.78. The third kappa shape index (κ3) is 7.21. The van der Waals surface area contributed by atoms with Gasteiger partial charge in [0.2, 0.25) is 0 Å². The van der Waals surface area contributed by atoms with Crippen molar-refractivity contribution >= 4 is 19.1 Å². The smallest absolute Gasteiger partial charge is 0.187 e. The minimum Gasteiger partial charge on any atom is -0.380 e. The van der Waals surface area contributed by atoms with E-state index >= 15 is 0 Å². The first-order chi connectivity index (χ1) is 4.70. The molecule has 0 radical (unpaired) electrons. The van der Waals surface area contributed by atoms with Gasteiger partial charge in [0.25, 0.3) is 0 Å². The van der Waals surface area contributed by atoms with Gasteiger partial charge < -0.3 is 4.84 Å². The van der Waals surface area contributed by atoms with Gasteiger partial charge in [0.05, 0.1) is 0 Å². The van der Waals surface area contributed by atoms with Gasteiger partial charge >= 0.3 is 0 Å². The predicted octanol–water partition coefficient (Wildman–Crippen LogP) is 2.09. The lowest BCUT2D eigenvalue weighted by Crippen LogP contribution is -2.09. The molecule has 0 N–H and O–H groups in total. The van der Waals surface area contributed by atoms with E-state index in [-0.39, 0.29) is 18.5 Å². The van der Waals surface area contributed by atoms with Crippen molar-refractivity contribution in [3.63, 3.8) is 0 Å². The van der Waals surface area contributed by atoms with E-state index in [2.05, 4.69) is 31.6 Å². The normalized spacial score (nSPS) is 11.1. The molecule has 0 aromatic heterocycles. The van der Waals surface area contributed by atoms with E-state index in [0.717, 1.165) is 6.42 Å². The van der Waals surface area contributed by atoms with Crippen molar-refractivity contribution in [3.05, 3.63) is 0 Å². The minimum absolute atomic E-state index is 0. The largest absolute Gasteiger partial charge is 0.380 e. The first-order valence-corrected chi connectivity index (χ1v) is 3.28. The van der Waals surface area contributed by atoms with E-state index in [4.69, 9.17) is 11.3 Å². The summed E-state index contributed by atoms with van der Waals surface area (Å²) in [6, 6.07) is 0. The van der Waals surface area contributed by atoms with Crippen LogP contribution in [0.1, 0.15) is 20.3 Å². The lowest BCUT2D eigenvalue weighted by atomic mass is 10.1. The van der Waals surface area contributed by atoms with Crippen LogP contribution < -0.4 is 0 Å². The Hall–Kier alpha value is -0.680. The van der Waals surface area contributed by atoms with Crippen molar-refractivity contribution in [1.29, 1.82) is 0 Å². The average molecular weight is 176 g/mol. The van der Waals surface area contributed by atoms with Crippen LogP contribution in [-0.2, 0) is 4.84 Å². The zero-order valence-corrected chi connectivity index (χ0v) is 7.73. The van der Waals surface area contributed by atoms with E-state index < -0.39 is 0 Å². The van der Waals surface area contributed by atoms with Gasteiger partial charge in [-0.2, -0.15) is 0 Å². The van der Waals surface area contributed by atoms with E-state index in [1.807, 2.05) is 0 Å². The summed E-state index contributed by atoms with van der Waals surface area (Å²) in [5, 5.41) is 3.27. The van der Waals surface area contributed by atoms with Crippen molar-refractivity contribution in [1.82, 2.24) is 0 Å². The van der Waals surface area contributed by atoms with Crippen LogP contribution in [0.2, 0.25) is 0 Å². The molecule has 0 amide bonds. The van der Waals surface area contributed by atoms with Gasteiger partial charge in [0, 0.05) is 13.1 Å². The highest BCUT2D eigenvalue weighted by Crippen LogP contribution is 2.06. The molecule has 2 nitrogen and oxygen atoms in total. The first kappa shape index (κ1) is 12.9. The minimum atomic E-state index is -0.211. The maximum atomic E-state index is 5.14. The van der Waals surface area contributed by atoms with Crippen molar-refractivity contribution < 1.29 is 4.84 Å². The van der Waals surface area contributed by atoms with Gasteiger partial charge in [-0.05, 0) is 5.92 Å². The zero-order valence-electron chi connectivity index (χ0n) is 6.91. The van der Waals surface area contributed by atoms with Crippen molar-refractivity contribution in [3.8, 4) is 12.3 Å². The van der Waals surface area contributed by atoms with Crippen LogP contribution in [0.5, 0.6) is 0 Å². The zero-order chi connectivity index (χ0) is 7.98. The first-order valence-electron chi connectivity index (χ1n) is 3.28. The second kappa shape index (κ2) is 7.43. The van der Waals surface area contributed by atoms with E-state index in [1.54, 1.807) is 0 Å². The Labute approximate surface area is 74.4 Å². The summed E-state index contributed by atoms with van der Waals surface area (Å²) in [7, 11) is 0. The monoisotopic (exact) mass is 175 g/mol. The summed E-state index contributed by atoms with van der Waals surface area (Å²) < 4.78 is 0. The topological polar surface area (TPSA) is 21.6 Å². The molecular formula is C8H14ClNO. The standard InChI is InChI=1S/C8H13NO.ClH/c1-5-8(10-9-4)6-7(2)3;/h1,7-8H,4,6H2,2-3H3;1H. The molecule has 0 aliphatic carbocycles. The Morgan fingerprint density at radius 3 is 2.45 bits per heavy atom. The fourth-order valence-corrected chi connectivity index (χ4v) is 0.660. The van der Waals surface area contributed by atoms with Crippen LogP contribution in [0.4, 0.5) is 0 Å². The lowest BCUT2D eigenvalue weighted by Gasteiger charge is -2.09. The summed E-state index contributed by atoms with van der Waals surface area (Å²) in [5.41, 5.74) is 0. The molecule has 3 heteroatoms. The van der Waals surface area contributed by atoms with Crippen LogP contribution in [0, 0.1) is 18.3 Å². The van der Waals surface area contributed by atoms with Crippen LogP contribution in [0.3, 0.4) is 0 Å². The SMILES string of the molecule is C#CC(CC(C)C)ON=C.Cl. The number of hydrogen-bond acceptors (Lipinski definition) is 2. The second-order valence-corrected chi connectivity index (χ2v) is 2.52. The third-order valence-electron chi connectivity index (χ3n) is 1.07. The van der Waals surface area contributed by atoms with Gasteiger partial charge in [0.15, 0.2) is 6.10 Å². The number of rotatable bonds is 4. The Morgan fingerprint density at radius 1 is 1.64 bits per heavy atom. The average Bonchev–Trinajstić information content (AvgIpc) is 1.86. The molecule has 1 unspecified atom stereocenters. The molecule has 0 aromatic carbocycles. The van der Waals surface area contributed by atoms with Crippen LogP contribution in [-0.4, -0.2) is 12.8 Å². The maximum Gasteiger partial charge on any atom is 0.187 e.